The minimum absolute atomic E-state index is 0.00732. The molecule has 1 unspecified atom stereocenters. The maximum atomic E-state index is 12.2. The molecule has 0 bridgehead atoms. The number of carbonyl (C=O) groups is 2. The molecule has 0 radical (unpaired) electrons. The molecule has 22 heavy (non-hydrogen) atoms. The van der Waals surface area contributed by atoms with Crippen molar-refractivity contribution in [3.63, 3.8) is 0 Å². The second-order valence-electron chi connectivity index (χ2n) is 5.55. The van der Waals surface area contributed by atoms with Crippen molar-refractivity contribution in [3.8, 4) is 0 Å². The Labute approximate surface area is 134 Å². The Hall–Kier alpha value is -1.56. The van der Waals surface area contributed by atoms with Gasteiger partial charge in [0, 0.05) is 10.3 Å². The molecular formula is C17H20O4S. The van der Waals surface area contributed by atoms with E-state index in [0.29, 0.717) is 23.0 Å². The minimum atomic E-state index is -0.401. The van der Waals surface area contributed by atoms with Gasteiger partial charge >= 0.3 is 0 Å². The molecule has 5 heteroatoms. The van der Waals surface area contributed by atoms with Crippen molar-refractivity contribution in [2.24, 2.45) is 5.92 Å². The van der Waals surface area contributed by atoms with Gasteiger partial charge in [0.05, 0.1) is 11.5 Å². The third kappa shape index (κ3) is 4.47. The molecule has 1 aromatic carbocycles. The topological polar surface area (TPSA) is 52.6 Å². The lowest BCUT2D eigenvalue weighted by Gasteiger charge is -2.14. The maximum absolute atomic E-state index is 12.2. The van der Waals surface area contributed by atoms with Crippen molar-refractivity contribution < 1.29 is 19.1 Å². The van der Waals surface area contributed by atoms with E-state index in [9.17, 15) is 9.59 Å². The predicted octanol–water partition coefficient (Wildman–Crippen LogP) is 3.93. The summed E-state index contributed by atoms with van der Waals surface area (Å²) in [5.74, 6) is 0.352. The predicted molar refractivity (Wildman–Crippen MR) is 87.7 cm³/mol. The average Bonchev–Trinajstić information content (AvgIpc) is 2.93. The number of carbonyl (C=O) groups excluding carboxylic acids is 2. The van der Waals surface area contributed by atoms with E-state index in [-0.39, 0.29) is 12.4 Å². The van der Waals surface area contributed by atoms with E-state index in [2.05, 4.69) is 13.8 Å². The van der Waals surface area contributed by atoms with Crippen molar-refractivity contribution in [2.75, 3.05) is 13.2 Å². The number of ketones is 1. The second-order valence-corrected chi connectivity index (χ2v) is 6.64. The molecule has 0 amide bonds. The van der Waals surface area contributed by atoms with Crippen LogP contribution in [0.5, 0.6) is 0 Å². The van der Waals surface area contributed by atoms with E-state index in [4.69, 9.17) is 9.47 Å². The third-order valence-electron chi connectivity index (χ3n) is 3.07. The molecule has 1 heterocycles. The SMILES string of the molecule is CC(C)COC(C)OCC(=O)c1cc2ccc(C=O)cc2s1. The van der Waals surface area contributed by atoms with E-state index in [0.717, 1.165) is 16.4 Å². The average molecular weight is 320 g/mol. The lowest BCUT2D eigenvalue weighted by molar-refractivity contribution is -0.129. The van der Waals surface area contributed by atoms with Gasteiger partial charge in [0.2, 0.25) is 0 Å². The molecule has 2 aromatic rings. The van der Waals surface area contributed by atoms with Crippen LogP contribution in [0.25, 0.3) is 10.1 Å². The molecule has 1 atom stereocenters. The Kier molecular flexibility index (Phi) is 5.83. The highest BCUT2D eigenvalue weighted by Crippen LogP contribution is 2.26. The number of ether oxygens (including phenoxy) is 2. The van der Waals surface area contributed by atoms with Gasteiger partial charge in [-0.3, -0.25) is 9.59 Å². The van der Waals surface area contributed by atoms with Gasteiger partial charge in [-0.25, -0.2) is 0 Å². The molecule has 118 valence electrons. The summed E-state index contributed by atoms with van der Waals surface area (Å²) in [6.45, 7) is 6.50. The molecule has 0 fully saturated rings. The number of benzene rings is 1. The van der Waals surface area contributed by atoms with Crippen LogP contribution in [0.3, 0.4) is 0 Å². The van der Waals surface area contributed by atoms with Crippen LogP contribution in [-0.4, -0.2) is 31.6 Å². The number of hydrogen-bond acceptors (Lipinski definition) is 5. The summed E-state index contributed by atoms with van der Waals surface area (Å²) >= 11 is 1.38. The zero-order valence-electron chi connectivity index (χ0n) is 13.0. The van der Waals surface area contributed by atoms with Gasteiger partial charge in [-0.2, -0.15) is 0 Å². The quantitative estimate of drug-likeness (QED) is 0.420. The summed E-state index contributed by atoms with van der Waals surface area (Å²) in [5, 5.41) is 0.961. The first-order valence-electron chi connectivity index (χ1n) is 7.24. The van der Waals surface area contributed by atoms with E-state index in [1.165, 1.54) is 11.3 Å². The Morgan fingerprint density at radius 1 is 1.23 bits per heavy atom. The highest BCUT2D eigenvalue weighted by Gasteiger charge is 2.13. The molecule has 0 N–H and O–H groups in total. The molecule has 0 aliphatic heterocycles. The Morgan fingerprint density at radius 3 is 2.68 bits per heavy atom. The van der Waals surface area contributed by atoms with Crippen LogP contribution in [0.2, 0.25) is 0 Å². The van der Waals surface area contributed by atoms with Crippen LogP contribution in [0.1, 0.15) is 40.8 Å². The molecule has 0 aliphatic rings. The zero-order chi connectivity index (χ0) is 16.1. The number of rotatable bonds is 8. The first kappa shape index (κ1) is 16.8. The molecule has 0 saturated heterocycles. The van der Waals surface area contributed by atoms with Crippen LogP contribution < -0.4 is 0 Å². The molecule has 0 spiro atoms. The first-order valence-corrected chi connectivity index (χ1v) is 8.06. The molecule has 0 aliphatic carbocycles. The molecule has 1 aromatic heterocycles. The van der Waals surface area contributed by atoms with E-state index >= 15 is 0 Å². The van der Waals surface area contributed by atoms with Crippen LogP contribution in [0, 0.1) is 5.92 Å². The van der Waals surface area contributed by atoms with Crippen molar-refractivity contribution in [3.05, 3.63) is 34.7 Å². The summed E-state index contributed by atoms with van der Waals surface area (Å²) in [6.07, 6.45) is 0.403. The van der Waals surface area contributed by atoms with Crippen LogP contribution in [-0.2, 0) is 9.47 Å². The normalized spacial score (nSPS) is 12.7. The van der Waals surface area contributed by atoms with E-state index in [1.54, 1.807) is 19.1 Å². The van der Waals surface area contributed by atoms with Crippen molar-refractivity contribution in [1.29, 1.82) is 0 Å². The minimum Gasteiger partial charge on any atom is -0.353 e. The monoisotopic (exact) mass is 320 g/mol. The zero-order valence-corrected chi connectivity index (χ0v) is 13.8. The molecule has 4 nitrogen and oxygen atoms in total. The highest BCUT2D eigenvalue weighted by molar-refractivity contribution is 7.20. The summed E-state index contributed by atoms with van der Waals surface area (Å²) < 4.78 is 11.8. The maximum Gasteiger partial charge on any atom is 0.198 e. The Morgan fingerprint density at radius 2 is 2.00 bits per heavy atom. The molecule has 0 saturated carbocycles. The van der Waals surface area contributed by atoms with Gasteiger partial charge in [0.15, 0.2) is 12.1 Å². The van der Waals surface area contributed by atoms with Gasteiger partial charge in [0.25, 0.3) is 0 Å². The first-order chi connectivity index (χ1) is 10.5. The highest BCUT2D eigenvalue weighted by atomic mass is 32.1. The van der Waals surface area contributed by atoms with Gasteiger partial charge in [-0.1, -0.05) is 26.0 Å². The van der Waals surface area contributed by atoms with Crippen molar-refractivity contribution in [2.45, 2.75) is 27.1 Å². The lowest BCUT2D eigenvalue weighted by atomic mass is 10.2. The van der Waals surface area contributed by atoms with Crippen molar-refractivity contribution in [1.82, 2.24) is 0 Å². The summed E-state index contributed by atoms with van der Waals surface area (Å²) in [6, 6.07) is 7.22. The standard InChI is InChI=1S/C17H20O4S/c1-11(2)9-20-12(3)21-10-15(19)17-7-14-5-4-13(8-18)6-16(14)22-17/h4-8,11-12H,9-10H2,1-3H3. The number of aldehydes is 1. The van der Waals surface area contributed by atoms with E-state index in [1.807, 2.05) is 12.1 Å². The molecule has 2 rings (SSSR count). The fourth-order valence-corrected chi connectivity index (χ4v) is 2.93. The van der Waals surface area contributed by atoms with Gasteiger partial charge in [-0.15, -0.1) is 11.3 Å². The number of thiophene rings is 1. The Bertz CT molecular complexity index is 660. The fraction of sp³-hybridized carbons (Fsp3) is 0.412. The smallest absolute Gasteiger partial charge is 0.198 e. The molecular weight excluding hydrogens is 300 g/mol. The summed E-state index contributed by atoms with van der Waals surface area (Å²) in [7, 11) is 0. The summed E-state index contributed by atoms with van der Waals surface area (Å²) in [5.41, 5.74) is 0.611. The van der Waals surface area contributed by atoms with Crippen LogP contribution in [0.4, 0.5) is 0 Å². The van der Waals surface area contributed by atoms with E-state index < -0.39 is 6.29 Å². The van der Waals surface area contributed by atoms with Crippen molar-refractivity contribution >= 4 is 33.5 Å². The third-order valence-corrected chi connectivity index (χ3v) is 4.21. The van der Waals surface area contributed by atoms with Gasteiger partial charge in [0.1, 0.15) is 12.9 Å². The van der Waals surface area contributed by atoms with Crippen LogP contribution >= 0.6 is 11.3 Å². The summed E-state index contributed by atoms with van der Waals surface area (Å²) in [4.78, 5) is 23.6. The number of fused-ring (bicyclic) bond motifs is 1. The number of hydrogen-bond donors (Lipinski definition) is 0. The largest absolute Gasteiger partial charge is 0.353 e. The Balaban J connectivity index is 1.96. The van der Waals surface area contributed by atoms with Crippen LogP contribution in [0.15, 0.2) is 24.3 Å². The lowest BCUT2D eigenvalue weighted by Crippen LogP contribution is -2.20. The van der Waals surface area contributed by atoms with Gasteiger partial charge < -0.3 is 9.47 Å². The fourth-order valence-electron chi connectivity index (χ4n) is 1.90. The van der Waals surface area contributed by atoms with Gasteiger partial charge in [-0.05, 0) is 30.4 Å². The number of Topliss-reactive ketones (excluding diaryl/α,β-unsaturated/α-hetero) is 1. The second kappa shape index (κ2) is 7.63.